The Morgan fingerprint density at radius 3 is 1.94 bits per heavy atom. The normalized spacial score (nSPS) is 11.1. The Hall–Kier alpha value is -5.18. The Morgan fingerprint density at radius 2 is 1.23 bits per heavy atom. The van der Waals surface area contributed by atoms with E-state index in [1.165, 1.54) is 5.56 Å². The molecule has 0 fully saturated rings. The van der Waals surface area contributed by atoms with Gasteiger partial charge in [0, 0.05) is 11.8 Å². The predicted octanol–water partition coefficient (Wildman–Crippen LogP) is 11.6. The van der Waals surface area contributed by atoms with Crippen LogP contribution in [-0.4, -0.2) is 15.0 Å². The fourth-order valence-electron chi connectivity index (χ4n) is 5.65. The number of pyridine rings is 3. The van der Waals surface area contributed by atoms with Gasteiger partial charge in [-0.3, -0.25) is 9.97 Å². The zero-order valence-corrected chi connectivity index (χ0v) is 29.3. The van der Waals surface area contributed by atoms with E-state index >= 15 is 0 Å². The number of rotatable bonds is 7. The van der Waals surface area contributed by atoms with Crippen molar-refractivity contribution in [3.05, 3.63) is 169 Å². The zero-order chi connectivity index (χ0) is 32.2. The van der Waals surface area contributed by atoms with E-state index in [2.05, 4.69) is 106 Å². The molecule has 0 radical (unpaired) electrons. The van der Waals surface area contributed by atoms with Crippen molar-refractivity contribution in [3.63, 3.8) is 0 Å². The van der Waals surface area contributed by atoms with Crippen LogP contribution in [0.1, 0.15) is 26.3 Å². The molecule has 0 aliphatic carbocycles. The van der Waals surface area contributed by atoms with Gasteiger partial charge >= 0.3 is 21.1 Å². The third-order valence-corrected chi connectivity index (χ3v) is 8.21. The van der Waals surface area contributed by atoms with E-state index in [1.54, 1.807) is 6.20 Å². The Kier molecular flexibility index (Phi) is 9.75. The smallest absolute Gasteiger partial charge is 0.442 e. The first-order chi connectivity index (χ1) is 22.9. The van der Waals surface area contributed by atoms with Gasteiger partial charge in [0.05, 0.1) is 11.4 Å². The molecule has 0 saturated carbocycles. The Morgan fingerprint density at radius 1 is 0.542 bits per heavy atom. The Balaban J connectivity index is 0.00000401. The van der Waals surface area contributed by atoms with Crippen LogP contribution in [0.3, 0.4) is 0 Å². The number of aromatic nitrogens is 3. The summed E-state index contributed by atoms with van der Waals surface area (Å²) < 4.78 is 0. The SMILES string of the molecule is CC(C)(C)c1ccc([N-]c2ncccc2-c2cc(-c3ccccc3)ccn2)c(-c2cc(-c3ccccc3)cc(-c3[c-]cccc3)n2)c1.[Pt+2]. The molecular formula is C43H34N4Pt. The van der Waals surface area contributed by atoms with Gasteiger partial charge in [-0.2, -0.15) is 0 Å². The third-order valence-electron chi connectivity index (χ3n) is 8.21. The van der Waals surface area contributed by atoms with E-state index in [0.29, 0.717) is 5.82 Å². The summed E-state index contributed by atoms with van der Waals surface area (Å²) in [5, 5.41) is 5.23. The van der Waals surface area contributed by atoms with Crippen LogP contribution in [0.5, 0.6) is 0 Å². The third kappa shape index (κ3) is 7.20. The minimum atomic E-state index is -0.0711. The molecular weight excluding hydrogens is 768 g/mol. The molecule has 4 nitrogen and oxygen atoms in total. The van der Waals surface area contributed by atoms with E-state index in [1.807, 2.05) is 66.9 Å². The van der Waals surface area contributed by atoms with Crippen LogP contribution in [-0.2, 0) is 26.5 Å². The summed E-state index contributed by atoms with van der Waals surface area (Å²) >= 11 is 0. The second kappa shape index (κ2) is 14.3. The van der Waals surface area contributed by atoms with Gasteiger partial charge in [-0.15, -0.1) is 35.9 Å². The molecule has 7 rings (SSSR count). The molecule has 0 spiro atoms. The van der Waals surface area contributed by atoms with Crippen LogP contribution in [0.15, 0.2) is 152 Å². The first-order valence-corrected chi connectivity index (χ1v) is 15.8. The molecule has 0 amide bonds. The standard InChI is InChI=1S/C43H34N4.Pt/c1-43(2,3)35-21-22-38(47-42-36(20-13-24-45-42)40-26-33(23-25-44-40)30-14-7-4-8-15-30)37(29-35)41-28-34(31-16-9-5-10-17-31)27-39(46-41)32-18-11-6-12-19-32;/h4-18,20-29H,1-3H3;/q-2;+2. The van der Waals surface area contributed by atoms with Crippen molar-refractivity contribution in [1.82, 2.24) is 15.0 Å². The summed E-state index contributed by atoms with van der Waals surface area (Å²) in [5.74, 6) is 0.603. The van der Waals surface area contributed by atoms with Crippen molar-refractivity contribution in [3.8, 4) is 56.0 Å². The van der Waals surface area contributed by atoms with Gasteiger partial charge in [0.1, 0.15) is 0 Å². The average molecular weight is 802 g/mol. The van der Waals surface area contributed by atoms with Crippen molar-refractivity contribution >= 4 is 11.5 Å². The number of hydrogen-bond acceptors (Lipinski definition) is 3. The first-order valence-electron chi connectivity index (χ1n) is 15.8. The van der Waals surface area contributed by atoms with E-state index in [4.69, 9.17) is 20.3 Å². The molecule has 0 N–H and O–H groups in total. The molecule has 3 aromatic heterocycles. The molecule has 0 atom stereocenters. The van der Waals surface area contributed by atoms with E-state index < -0.39 is 0 Å². The summed E-state index contributed by atoms with van der Waals surface area (Å²) in [5.41, 5.74) is 11.6. The van der Waals surface area contributed by atoms with Gasteiger partial charge in [0.2, 0.25) is 0 Å². The van der Waals surface area contributed by atoms with Gasteiger partial charge in [0.25, 0.3) is 0 Å². The maximum absolute atomic E-state index is 5.23. The molecule has 3 heterocycles. The molecule has 0 unspecified atom stereocenters. The quantitative estimate of drug-likeness (QED) is 0.151. The predicted molar refractivity (Wildman–Crippen MR) is 194 cm³/mol. The molecule has 0 aliphatic rings. The number of nitrogens with zero attached hydrogens (tertiary/aromatic N) is 4. The molecule has 0 bridgehead atoms. The van der Waals surface area contributed by atoms with Crippen LogP contribution in [0, 0.1) is 6.07 Å². The summed E-state index contributed by atoms with van der Waals surface area (Å²) in [7, 11) is 0. The molecule has 236 valence electrons. The topological polar surface area (TPSA) is 52.8 Å². The molecule has 0 aliphatic heterocycles. The van der Waals surface area contributed by atoms with E-state index in [9.17, 15) is 0 Å². The van der Waals surface area contributed by atoms with Crippen LogP contribution in [0.4, 0.5) is 11.5 Å². The Bertz CT molecular complexity index is 2080. The van der Waals surface area contributed by atoms with Crippen molar-refractivity contribution < 1.29 is 21.1 Å². The molecule has 7 aromatic rings. The average Bonchev–Trinajstić information content (AvgIpc) is 3.12. The van der Waals surface area contributed by atoms with Gasteiger partial charge in [-0.1, -0.05) is 118 Å². The zero-order valence-electron chi connectivity index (χ0n) is 27.0. The first kappa shape index (κ1) is 32.7. The molecule has 0 saturated heterocycles. The van der Waals surface area contributed by atoms with Crippen molar-refractivity contribution in [2.24, 2.45) is 0 Å². The Labute approximate surface area is 297 Å². The monoisotopic (exact) mass is 801 g/mol. The largest absolute Gasteiger partial charge is 2.00 e. The molecule has 4 aromatic carbocycles. The van der Waals surface area contributed by atoms with Gasteiger partial charge in [0.15, 0.2) is 0 Å². The van der Waals surface area contributed by atoms with Crippen molar-refractivity contribution in [2.45, 2.75) is 26.2 Å². The molecule has 5 heteroatoms. The van der Waals surface area contributed by atoms with Gasteiger partial charge in [-0.05, 0) is 80.3 Å². The minimum absolute atomic E-state index is 0. The van der Waals surface area contributed by atoms with Crippen molar-refractivity contribution in [2.75, 3.05) is 0 Å². The van der Waals surface area contributed by atoms with E-state index in [-0.39, 0.29) is 26.5 Å². The summed E-state index contributed by atoms with van der Waals surface area (Å²) in [4.78, 5) is 14.7. The second-order valence-electron chi connectivity index (χ2n) is 12.5. The van der Waals surface area contributed by atoms with Crippen LogP contribution < -0.4 is 0 Å². The van der Waals surface area contributed by atoms with E-state index in [0.717, 1.165) is 61.7 Å². The second-order valence-corrected chi connectivity index (χ2v) is 12.5. The summed E-state index contributed by atoms with van der Waals surface area (Å²) in [6.07, 6.45) is 3.63. The van der Waals surface area contributed by atoms with Crippen molar-refractivity contribution in [1.29, 1.82) is 0 Å². The van der Waals surface area contributed by atoms with Gasteiger partial charge < -0.3 is 10.3 Å². The summed E-state index contributed by atoms with van der Waals surface area (Å²) in [6.45, 7) is 6.68. The minimum Gasteiger partial charge on any atom is -0.442 e. The van der Waals surface area contributed by atoms with Gasteiger partial charge in [-0.25, -0.2) is 0 Å². The number of benzene rings is 4. The van der Waals surface area contributed by atoms with Crippen LogP contribution in [0.25, 0.3) is 61.3 Å². The maximum Gasteiger partial charge on any atom is 2.00 e. The fourth-order valence-corrected chi connectivity index (χ4v) is 5.65. The number of hydrogen-bond donors (Lipinski definition) is 0. The summed E-state index contributed by atoms with van der Waals surface area (Å²) in [6, 6.07) is 51.0. The van der Waals surface area contributed by atoms with Crippen LogP contribution in [0.2, 0.25) is 0 Å². The van der Waals surface area contributed by atoms with Crippen LogP contribution >= 0.6 is 0 Å². The molecule has 48 heavy (non-hydrogen) atoms. The maximum atomic E-state index is 5.23. The fraction of sp³-hybridized carbons (Fsp3) is 0.0930.